The Labute approximate surface area is 154 Å². The molecule has 1 amide bonds. The fourth-order valence-corrected chi connectivity index (χ4v) is 3.12. The van der Waals surface area contributed by atoms with Gasteiger partial charge in [-0.3, -0.25) is 4.79 Å². The zero-order chi connectivity index (χ0) is 18.8. The fraction of sp³-hybridized carbons (Fsp3) is 0.150. The Morgan fingerprint density at radius 1 is 1.07 bits per heavy atom. The monoisotopic (exact) mass is 370 g/mol. The van der Waals surface area contributed by atoms with Gasteiger partial charge in [-0.25, -0.2) is 0 Å². The number of anilines is 1. The number of nitrogens with zero attached hydrogens (tertiary/aromatic N) is 1. The predicted octanol–water partition coefficient (Wildman–Crippen LogP) is 4.65. The highest BCUT2D eigenvalue weighted by molar-refractivity contribution is 6.01. The Bertz CT molecular complexity index is 927. The van der Waals surface area contributed by atoms with E-state index in [-0.39, 0.29) is 18.2 Å². The molecule has 0 saturated heterocycles. The third-order valence-corrected chi connectivity index (χ3v) is 4.35. The van der Waals surface area contributed by atoms with Crippen molar-refractivity contribution in [2.75, 3.05) is 5.32 Å². The van der Waals surface area contributed by atoms with Crippen LogP contribution in [-0.4, -0.2) is 17.4 Å². The van der Waals surface area contributed by atoms with Gasteiger partial charge in [0.25, 0.3) is 5.91 Å². The van der Waals surface area contributed by atoms with Crippen LogP contribution < -0.4 is 10.1 Å². The van der Waals surface area contributed by atoms with Gasteiger partial charge in [0.15, 0.2) is 0 Å². The van der Waals surface area contributed by atoms with Gasteiger partial charge in [-0.2, -0.15) is 8.78 Å². The predicted molar refractivity (Wildman–Crippen MR) is 94.5 cm³/mol. The van der Waals surface area contributed by atoms with E-state index in [0.717, 1.165) is 11.3 Å². The standard InChI is InChI=1S/C20H16F2N2O3/c21-20(22)27-14-9-7-13(8-10-14)18-23-17-6-2-1-5-16(17)19(25)24(18)12-15-4-3-11-26-15/h1-11,18,20,23H,12H2/t18-/m1/s1. The molecule has 3 aromatic rings. The molecule has 0 spiro atoms. The number of fused-ring (bicyclic) bond motifs is 1. The van der Waals surface area contributed by atoms with Crippen LogP contribution in [-0.2, 0) is 6.54 Å². The number of rotatable bonds is 5. The van der Waals surface area contributed by atoms with E-state index in [9.17, 15) is 13.6 Å². The van der Waals surface area contributed by atoms with Crippen molar-refractivity contribution in [3.05, 3.63) is 83.8 Å². The minimum Gasteiger partial charge on any atom is -0.467 e. The topological polar surface area (TPSA) is 54.7 Å². The van der Waals surface area contributed by atoms with Crippen LogP contribution >= 0.6 is 0 Å². The number of hydrogen-bond donors (Lipinski definition) is 1. The number of carbonyl (C=O) groups is 1. The zero-order valence-electron chi connectivity index (χ0n) is 14.1. The molecule has 1 atom stereocenters. The number of amides is 1. The number of alkyl halides is 2. The number of halogens is 2. The van der Waals surface area contributed by atoms with Crippen molar-refractivity contribution in [3.63, 3.8) is 0 Å². The maximum Gasteiger partial charge on any atom is 0.387 e. The summed E-state index contributed by atoms with van der Waals surface area (Å²) in [5.41, 5.74) is 2.03. The highest BCUT2D eigenvalue weighted by atomic mass is 19.3. The Morgan fingerprint density at radius 2 is 1.85 bits per heavy atom. The van der Waals surface area contributed by atoms with E-state index >= 15 is 0 Å². The first kappa shape index (κ1) is 17.1. The molecule has 0 saturated carbocycles. The first-order valence-electron chi connectivity index (χ1n) is 8.35. The van der Waals surface area contributed by atoms with Gasteiger partial charge in [0.05, 0.1) is 18.4 Å². The first-order valence-corrected chi connectivity index (χ1v) is 8.35. The molecule has 0 bridgehead atoms. The number of ether oxygens (including phenoxy) is 1. The molecule has 1 aliphatic rings. The number of nitrogens with one attached hydrogen (secondary N) is 1. The highest BCUT2D eigenvalue weighted by Gasteiger charge is 2.33. The molecule has 27 heavy (non-hydrogen) atoms. The van der Waals surface area contributed by atoms with Crippen LogP contribution in [0.25, 0.3) is 0 Å². The maximum atomic E-state index is 13.1. The summed E-state index contributed by atoms with van der Waals surface area (Å²) in [7, 11) is 0. The molecule has 138 valence electrons. The summed E-state index contributed by atoms with van der Waals surface area (Å²) in [4.78, 5) is 14.7. The van der Waals surface area contributed by atoms with Crippen molar-refractivity contribution in [1.29, 1.82) is 0 Å². The summed E-state index contributed by atoms with van der Waals surface area (Å²) in [6, 6.07) is 17.0. The van der Waals surface area contributed by atoms with E-state index in [1.54, 1.807) is 47.6 Å². The zero-order valence-corrected chi connectivity index (χ0v) is 14.1. The molecule has 1 aromatic heterocycles. The summed E-state index contributed by atoms with van der Waals surface area (Å²) in [5.74, 6) is 0.569. The molecule has 4 rings (SSSR count). The Hall–Kier alpha value is -3.35. The van der Waals surface area contributed by atoms with Crippen molar-refractivity contribution < 1.29 is 22.7 Å². The molecule has 0 radical (unpaired) electrons. The Morgan fingerprint density at radius 3 is 2.56 bits per heavy atom. The minimum absolute atomic E-state index is 0.0638. The number of para-hydroxylation sites is 1. The molecule has 0 unspecified atom stereocenters. The lowest BCUT2D eigenvalue weighted by molar-refractivity contribution is -0.0498. The summed E-state index contributed by atoms with van der Waals surface area (Å²) >= 11 is 0. The average Bonchev–Trinajstić information content (AvgIpc) is 3.17. The fourth-order valence-electron chi connectivity index (χ4n) is 3.12. The number of furan rings is 1. The van der Waals surface area contributed by atoms with Gasteiger partial charge in [0.2, 0.25) is 0 Å². The third-order valence-electron chi connectivity index (χ3n) is 4.35. The molecule has 5 nitrogen and oxygen atoms in total. The van der Waals surface area contributed by atoms with Gasteiger partial charge in [0, 0.05) is 5.69 Å². The summed E-state index contributed by atoms with van der Waals surface area (Å²) < 4.78 is 34.5. The summed E-state index contributed by atoms with van der Waals surface area (Å²) in [6.45, 7) is -2.61. The minimum atomic E-state index is -2.88. The van der Waals surface area contributed by atoms with Crippen LogP contribution in [0.4, 0.5) is 14.5 Å². The smallest absolute Gasteiger partial charge is 0.387 e. The highest BCUT2D eigenvalue weighted by Crippen LogP contribution is 2.34. The molecule has 1 aliphatic heterocycles. The van der Waals surface area contributed by atoms with E-state index in [1.807, 2.05) is 12.1 Å². The van der Waals surface area contributed by atoms with Crippen LogP contribution in [0.3, 0.4) is 0 Å². The van der Waals surface area contributed by atoms with Gasteiger partial charge in [-0.1, -0.05) is 24.3 Å². The van der Waals surface area contributed by atoms with Crippen molar-refractivity contribution in [1.82, 2.24) is 4.90 Å². The quantitative estimate of drug-likeness (QED) is 0.710. The number of carbonyl (C=O) groups excluding carboxylic acids is 1. The van der Waals surface area contributed by atoms with Crippen molar-refractivity contribution in [2.45, 2.75) is 19.3 Å². The maximum absolute atomic E-state index is 13.1. The van der Waals surface area contributed by atoms with Crippen molar-refractivity contribution in [2.24, 2.45) is 0 Å². The lowest BCUT2D eigenvalue weighted by atomic mass is 10.0. The number of hydrogen-bond acceptors (Lipinski definition) is 4. The second-order valence-corrected chi connectivity index (χ2v) is 6.05. The van der Waals surface area contributed by atoms with E-state index < -0.39 is 12.8 Å². The summed E-state index contributed by atoms with van der Waals surface area (Å²) in [6.07, 6.45) is 1.08. The van der Waals surface area contributed by atoms with E-state index in [1.165, 1.54) is 12.1 Å². The van der Waals surface area contributed by atoms with E-state index in [0.29, 0.717) is 11.3 Å². The second kappa shape index (κ2) is 7.11. The van der Waals surface area contributed by atoms with Crippen molar-refractivity contribution >= 4 is 11.6 Å². The molecule has 2 aromatic carbocycles. The lowest BCUT2D eigenvalue weighted by Gasteiger charge is -2.37. The van der Waals surface area contributed by atoms with Gasteiger partial charge in [0.1, 0.15) is 17.7 Å². The molecule has 2 heterocycles. The SMILES string of the molecule is O=C1c2ccccc2N[C@@H](c2ccc(OC(F)F)cc2)N1Cc1ccco1. The van der Waals surface area contributed by atoms with Crippen LogP contribution in [0.15, 0.2) is 71.3 Å². The van der Waals surface area contributed by atoms with E-state index in [2.05, 4.69) is 10.1 Å². The largest absolute Gasteiger partial charge is 0.467 e. The van der Waals surface area contributed by atoms with Crippen LogP contribution in [0.2, 0.25) is 0 Å². The summed E-state index contributed by atoms with van der Waals surface area (Å²) in [5, 5.41) is 3.34. The van der Waals surface area contributed by atoms with Crippen molar-refractivity contribution in [3.8, 4) is 5.75 Å². The van der Waals surface area contributed by atoms with Crippen LogP contribution in [0.5, 0.6) is 5.75 Å². The van der Waals surface area contributed by atoms with Crippen LogP contribution in [0, 0.1) is 0 Å². The molecule has 1 N–H and O–H groups in total. The second-order valence-electron chi connectivity index (χ2n) is 6.05. The van der Waals surface area contributed by atoms with Gasteiger partial charge in [-0.15, -0.1) is 0 Å². The van der Waals surface area contributed by atoms with Gasteiger partial charge in [-0.05, 0) is 42.0 Å². The third kappa shape index (κ3) is 3.48. The molecule has 0 aliphatic carbocycles. The number of benzene rings is 2. The van der Waals surface area contributed by atoms with E-state index in [4.69, 9.17) is 4.42 Å². The molecule has 7 heteroatoms. The average molecular weight is 370 g/mol. The normalized spacial score (nSPS) is 16.2. The van der Waals surface area contributed by atoms with Crippen LogP contribution in [0.1, 0.15) is 27.8 Å². The Balaban J connectivity index is 1.68. The first-order chi connectivity index (χ1) is 13.1. The lowest BCUT2D eigenvalue weighted by Crippen LogP contribution is -2.42. The molecule has 0 fully saturated rings. The van der Waals surface area contributed by atoms with Gasteiger partial charge < -0.3 is 19.4 Å². The molecular formula is C20H16F2N2O3. The van der Waals surface area contributed by atoms with Gasteiger partial charge >= 0.3 is 6.61 Å². The Kier molecular flexibility index (Phi) is 4.50. The molecular weight excluding hydrogens is 354 g/mol.